The highest BCUT2D eigenvalue weighted by Crippen LogP contribution is 2.35. The van der Waals surface area contributed by atoms with Crippen LogP contribution in [0.3, 0.4) is 0 Å². The molecule has 1 heterocycles. The van der Waals surface area contributed by atoms with Gasteiger partial charge in [-0.05, 0) is 13.8 Å². The number of rotatable bonds is 9. The lowest BCUT2D eigenvalue weighted by atomic mass is 10.1. The largest absolute Gasteiger partial charge is 0.493 e. The Morgan fingerprint density at radius 3 is 2.47 bits per heavy atom. The van der Waals surface area contributed by atoms with Crippen molar-refractivity contribution < 1.29 is 38.3 Å². The summed E-state index contributed by atoms with van der Waals surface area (Å²) < 4.78 is 20.4. The smallest absolute Gasteiger partial charge is 0.345 e. The van der Waals surface area contributed by atoms with Crippen molar-refractivity contribution in [3.05, 3.63) is 39.1 Å². The fraction of sp³-hybridized carbons (Fsp3) is 0.389. The molecule has 0 fully saturated rings. The Hall–Kier alpha value is -3.83. The maximum atomic E-state index is 12.5. The molecule has 0 bridgehead atoms. The minimum Gasteiger partial charge on any atom is -0.493 e. The number of nitrogens with zero attached hydrogens (tertiary/aromatic N) is 1. The van der Waals surface area contributed by atoms with E-state index in [9.17, 15) is 24.5 Å². The lowest BCUT2D eigenvalue weighted by molar-refractivity contribution is -0.385. The average molecular weight is 423 g/mol. The molecule has 0 aromatic heterocycles. The molecule has 0 aliphatic carbocycles. The highest BCUT2D eigenvalue weighted by Gasteiger charge is 2.28. The van der Waals surface area contributed by atoms with Crippen LogP contribution in [0.25, 0.3) is 0 Å². The molecule has 2 amide bonds. The first-order valence-electron chi connectivity index (χ1n) is 8.92. The van der Waals surface area contributed by atoms with Crippen LogP contribution < -0.4 is 20.1 Å². The van der Waals surface area contributed by atoms with Gasteiger partial charge in [0.05, 0.1) is 49.1 Å². The second-order valence-electron chi connectivity index (χ2n) is 5.77. The lowest BCUT2D eigenvalue weighted by Crippen LogP contribution is -2.45. The zero-order valence-corrected chi connectivity index (χ0v) is 16.6. The molecule has 1 aromatic rings. The lowest BCUT2D eigenvalue weighted by Gasteiger charge is -2.21. The number of amides is 2. The number of benzene rings is 1. The number of ether oxygens (including phenoxy) is 4. The molecular formula is C18H21N3O9. The molecule has 0 spiro atoms. The summed E-state index contributed by atoms with van der Waals surface area (Å²) in [5.41, 5.74) is -0.828. The zero-order valence-electron chi connectivity index (χ0n) is 16.6. The number of methoxy groups -OCH3 is 1. The third kappa shape index (κ3) is 5.16. The van der Waals surface area contributed by atoms with Gasteiger partial charge >= 0.3 is 18.0 Å². The van der Waals surface area contributed by atoms with Crippen molar-refractivity contribution in [1.29, 1.82) is 0 Å². The van der Waals surface area contributed by atoms with Crippen molar-refractivity contribution in [2.45, 2.75) is 13.8 Å². The average Bonchev–Trinajstić information content (AvgIpc) is 2.72. The quantitative estimate of drug-likeness (QED) is 0.339. The van der Waals surface area contributed by atoms with E-state index >= 15 is 0 Å². The molecule has 2 rings (SSSR count). The van der Waals surface area contributed by atoms with Gasteiger partial charge < -0.3 is 29.6 Å². The molecule has 0 saturated heterocycles. The van der Waals surface area contributed by atoms with Crippen molar-refractivity contribution in [1.82, 2.24) is 10.6 Å². The second kappa shape index (κ2) is 10.1. The van der Waals surface area contributed by atoms with E-state index in [2.05, 4.69) is 10.6 Å². The summed E-state index contributed by atoms with van der Waals surface area (Å²) >= 11 is 0. The van der Waals surface area contributed by atoms with Gasteiger partial charge in [0.2, 0.25) is 0 Å². The maximum Gasteiger partial charge on any atom is 0.345 e. The van der Waals surface area contributed by atoms with E-state index in [4.69, 9.17) is 18.9 Å². The number of nitro groups is 1. The summed E-state index contributed by atoms with van der Waals surface area (Å²) in [5.74, 6) is -1.53. The van der Waals surface area contributed by atoms with E-state index in [-0.39, 0.29) is 48.1 Å². The van der Waals surface area contributed by atoms with Gasteiger partial charge in [-0.2, -0.15) is 0 Å². The molecule has 162 valence electrons. The van der Waals surface area contributed by atoms with Gasteiger partial charge in [-0.15, -0.1) is 0 Å². The molecule has 0 radical (unpaired) electrons. The Morgan fingerprint density at radius 2 is 1.87 bits per heavy atom. The highest BCUT2D eigenvalue weighted by molar-refractivity contribution is 5.96. The third-order valence-electron chi connectivity index (χ3n) is 3.92. The van der Waals surface area contributed by atoms with Gasteiger partial charge in [0.15, 0.2) is 11.5 Å². The van der Waals surface area contributed by atoms with E-state index < -0.39 is 35.2 Å². The second-order valence-corrected chi connectivity index (χ2v) is 5.77. The summed E-state index contributed by atoms with van der Waals surface area (Å²) in [6.45, 7) is 3.03. The van der Waals surface area contributed by atoms with Crippen molar-refractivity contribution >= 4 is 23.7 Å². The molecular weight excluding hydrogens is 402 g/mol. The van der Waals surface area contributed by atoms with Crippen molar-refractivity contribution in [3.8, 4) is 11.5 Å². The Kier molecular flexibility index (Phi) is 7.56. The van der Waals surface area contributed by atoms with Crippen LogP contribution in [0, 0.1) is 10.1 Å². The number of nitro benzene ring substituents is 1. The predicted molar refractivity (Wildman–Crippen MR) is 101 cm³/mol. The van der Waals surface area contributed by atoms with Gasteiger partial charge in [-0.1, -0.05) is 0 Å². The first-order valence-corrected chi connectivity index (χ1v) is 8.92. The molecule has 30 heavy (non-hydrogen) atoms. The molecule has 0 saturated carbocycles. The minimum atomic E-state index is -1.05. The van der Waals surface area contributed by atoms with Gasteiger partial charge in [0, 0.05) is 6.07 Å². The molecule has 12 nitrogen and oxygen atoms in total. The SMILES string of the molecule is CCOC(=O)C1=C(COC(=O)c2cc(OC)c(OCC)cc2[N+](=O)[O-])NC(=O)NC1. The molecule has 1 aliphatic rings. The maximum absolute atomic E-state index is 12.5. The van der Waals surface area contributed by atoms with Crippen LogP contribution in [0.2, 0.25) is 0 Å². The highest BCUT2D eigenvalue weighted by atomic mass is 16.6. The van der Waals surface area contributed by atoms with Crippen molar-refractivity contribution in [3.63, 3.8) is 0 Å². The fourth-order valence-electron chi connectivity index (χ4n) is 2.58. The Balaban J connectivity index is 2.31. The number of hydrogen-bond donors (Lipinski definition) is 2. The first-order chi connectivity index (χ1) is 14.3. The minimum absolute atomic E-state index is 0.0195. The van der Waals surface area contributed by atoms with Crippen LogP contribution in [0.4, 0.5) is 10.5 Å². The van der Waals surface area contributed by atoms with E-state index in [1.54, 1.807) is 13.8 Å². The molecule has 1 aliphatic heterocycles. The summed E-state index contributed by atoms with van der Waals surface area (Å²) in [6.07, 6.45) is 0. The zero-order chi connectivity index (χ0) is 22.3. The van der Waals surface area contributed by atoms with Crippen LogP contribution in [0.5, 0.6) is 11.5 Å². The molecule has 0 atom stereocenters. The molecule has 1 aromatic carbocycles. The van der Waals surface area contributed by atoms with Crippen LogP contribution in [-0.2, 0) is 14.3 Å². The summed E-state index contributed by atoms with van der Waals surface area (Å²) in [4.78, 5) is 46.8. The van der Waals surface area contributed by atoms with Crippen molar-refractivity contribution in [2.75, 3.05) is 33.5 Å². The van der Waals surface area contributed by atoms with E-state index in [0.29, 0.717) is 0 Å². The predicted octanol–water partition coefficient (Wildman–Crippen LogP) is 1.29. The van der Waals surface area contributed by atoms with Crippen LogP contribution in [0.15, 0.2) is 23.4 Å². The Bertz CT molecular complexity index is 895. The number of carbonyl (C=O) groups excluding carboxylic acids is 3. The van der Waals surface area contributed by atoms with E-state index in [0.717, 1.165) is 12.1 Å². The number of carbonyl (C=O) groups is 3. The summed E-state index contributed by atoms with van der Waals surface area (Å²) in [6, 6.07) is 1.60. The van der Waals surface area contributed by atoms with Crippen LogP contribution >= 0.6 is 0 Å². The van der Waals surface area contributed by atoms with Gasteiger partial charge in [0.25, 0.3) is 5.69 Å². The topological polar surface area (TPSA) is 155 Å². The number of nitrogens with one attached hydrogen (secondary N) is 2. The number of hydrogen-bond acceptors (Lipinski definition) is 9. The van der Waals surface area contributed by atoms with Gasteiger partial charge in [-0.3, -0.25) is 10.1 Å². The van der Waals surface area contributed by atoms with Crippen LogP contribution in [0.1, 0.15) is 24.2 Å². The van der Waals surface area contributed by atoms with Gasteiger partial charge in [0.1, 0.15) is 12.2 Å². The molecule has 0 unspecified atom stereocenters. The van der Waals surface area contributed by atoms with Crippen molar-refractivity contribution in [2.24, 2.45) is 0 Å². The Labute approximate surface area is 171 Å². The third-order valence-corrected chi connectivity index (χ3v) is 3.92. The number of urea groups is 1. The molecule has 12 heteroatoms. The number of esters is 2. The van der Waals surface area contributed by atoms with E-state index in [1.165, 1.54) is 7.11 Å². The fourth-order valence-corrected chi connectivity index (χ4v) is 2.58. The normalized spacial score (nSPS) is 13.1. The molecule has 2 N–H and O–H groups in total. The Morgan fingerprint density at radius 1 is 1.13 bits per heavy atom. The standard InChI is InChI=1S/C18H21N3O9/c1-4-28-15-7-13(21(25)26)10(6-14(15)27-3)16(22)30-9-12-11(17(23)29-5-2)8-19-18(24)20-12/h6-7H,4-5,8-9H2,1-3H3,(H2,19,20,24). The summed E-state index contributed by atoms with van der Waals surface area (Å²) in [5, 5.41) is 16.2. The summed E-state index contributed by atoms with van der Waals surface area (Å²) in [7, 11) is 1.32. The van der Waals surface area contributed by atoms with Gasteiger partial charge in [-0.25, -0.2) is 14.4 Å². The monoisotopic (exact) mass is 423 g/mol. The van der Waals surface area contributed by atoms with Crippen LogP contribution in [-0.4, -0.2) is 56.4 Å². The van der Waals surface area contributed by atoms with E-state index in [1.807, 2.05) is 0 Å². The first kappa shape index (κ1) is 22.5.